The van der Waals surface area contributed by atoms with Crippen LogP contribution < -0.4 is 5.73 Å². The van der Waals surface area contributed by atoms with Crippen molar-refractivity contribution in [2.24, 2.45) is 0 Å². The molecular formula is C8H6ClF5N2. The number of nitrogens with zero attached hydrogens (tertiary/aromatic N) is 1. The summed E-state index contributed by atoms with van der Waals surface area (Å²) < 4.78 is 62.0. The molecule has 0 amide bonds. The minimum atomic E-state index is -4.81. The number of nitrogens with two attached hydrogens (primary N) is 1. The molecule has 0 radical (unpaired) electrons. The van der Waals surface area contributed by atoms with Gasteiger partial charge < -0.3 is 5.73 Å². The number of aromatic nitrogens is 1. The van der Waals surface area contributed by atoms with Crippen molar-refractivity contribution in [3.8, 4) is 0 Å². The third-order valence-electron chi connectivity index (χ3n) is 1.79. The highest BCUT2D eigenvalue weighted by molar-refractivity contribution is 6.16. The summed E-state index contributed by atoms with van der Waals surface area (Å²) in [6, 6.07) is 0.564. The van der Waals surface area contributed by atoms with Gasteiger partial charge in [0.2, 0.25) is 0 Å². The first kappa shape index (κ1) is 13.0. The fourth-order valence-corrected chi connectivity index (χ4v) is 1.24. The molecule has 0 spiro atoms. The normalized spacial score (nSPS) is 12.2. The van der Waals surface area contributed by atoms with E-state index in [-0.39, 0.29) is 5.69 Å². The van der Waals surface area contributed by atoms with E-state index in [0.717, 1.165) is 0 Å². The molecule has 1 aromatic heterocycles. The molecule has 0 aromatic carbocycles. The molecule has 2 nitrogen and oxygen atoms in total. The van der Waals surface area contributed by atoms with Crippen molar-refractivity contribution in [1.29, 1.82) is 0 Å². The van der Waals surface area contributed by atoms with Gasteiger partial charge in [0.25, 0.3) is 6.43 Å². The summed E-state index contributed by atoms with van der Waals surface area (Å²) in [6.45, 7) is 0. The SMILES string of the molecule is Nc1c(C(F)(F)F)cc(CCl)nc1C(F)F. The maximum Gasteiger partial charge on any atom is 0.418 e. The number of anilines is 1. The van der Waals surface area contributed by atoms with Gasteiger partial charge >= 0.3 is 6.18 Å². The lowest BCUT2D eigenvalue weighted by atomic mass is 10.1. The molecule has 1 rings (SSSR count). The van der Waals surface area contributed by atoms with Gasteiger partial charge in [-0.2, -0.15) is 13.2 Å². The first-order chi connectivity index (χ1) is 7.27. The largest absolute Gasteiger partial charge is 0.418 e. The Bertz CT molecular complexity index is 391. The van der Waals surface area contributed by atoms with Crippen LogP contribution in [0, 0.1) is 0 Å². The van der Waals surface area contributed by atoms with Crippen LogP contribution in [0.4, 0.5) is 27.6 Å². The van der Waals surface area contributed by atoms with Crippen LogP contribution in [0.2, 0.25) is 0 Å². The number of alkyl halides is 6. The van der Waals surface area contributed by atoms with E-state index < -0.39 is 35.4 Å². The second-order valence-corrected chi connectivity index (χ2v) is 3.16. The standard InChI is InChI=1S/C8H6ClF5N2/c9-2-3-1-4(8(12,13)14)5(15)6(16-3)7(10)11/h1,7H,2,15H2. The zero-order chi connectivity index (χ0) is 12.5. The van der Waals surface area contributed by atoms with E-state index in [1.54, 1.807) is 0 Å². The van der Waals surface area contributed by atoms with Crippen molar-refractivity contribution >= 4 is 17.3 Å². The highest BCUT2D eigenvalue weighted by atomic mass is 35.5. The van der Waals surface area contributed by atoms with Gasteiger partial charge in [0, 0.05) is 0 Å². The summed E-state index contributed by atoms with van der Waals surface area (Å²) in [5.41, 5.74) is 1.20. The number of nitrogen functional groups attached to an aromatic ring is 1. The Hall–Kier alpha value is -1.11. The molecule has 1 aromatic rings. The number of pyridine rings is 1. The molecule has 0 saturated carbocycles. The van der Waals surface area contributed by atoms with Gasteiger partial charge in [0.15, 0.2) is 0 Å². The van der Waals surface area contributed by atoms with Crippen LogP contribution in [0.15, 0.2) is 6.07 Å². The summed E-state index contributed by atoms with van der Waals surface area (Å²) >= 11 is 5.26. The molecule has 0 bridgehead atoms. The van der Waals surface area contributed by atoms with E-state index >= 15 is 0 Å². The predicted molar refractivity (Wildman–Crippen MR) is 48.2 cm³/mol. The molecule has 1 heterocycles. The number of hydrogen-bond acceptors (Lipinski definition) is 2. The summed E-state index contributed by atoms with van der Waals surface area (Å²) in [5.74, 6) is -0.400. The Labute approximate surface area is 92.2 Å². The molecule has 0 aliphatic rings. The van der Waals surface area contributed by atoms with Crippen molar-refractivity contribution in [2.45, 2.75) is 18.5 Å². The monoisotopic (exact) mass is 260 g/mol. The van der Waals surface area contributed by atoms with Gasteiger partial charge in [0.05, 0.1) is 22.8 Å². The van der Waals surface area contributed by atoms with Crippen molar-refractivity contribution in [2.75, 3.05) is 5.73 Å². The molecule has 16 heavy (non-hydrogen) atoms. The van der Waals surface area contributed by atoms with Crippen LogP contribution in [0.25, 0.3) is 0 Å². The quantitative estimate of drug-likeness (QED) is 0.654. The summed E-state index contributed by atoms with van der Waals surface area (Å²) in [6.07, 6.45) is -7.98. The van der Waals surface area contributed by atoms with Crippen molar-refractivity contribution in [1.82, 2.24) is 4.98 Å². The van der Waals surface area contributed by atoms with E-state index in [0.29, 0.717) is 6.07 Å². The number of rotatable bonds is 2. The fourth-order valence-electron chi connectivity index (χ4n) is 1.10. The van der Waals surface area contributed by atoms with Gasteiger partial charge in [-0.05, 0) is 6.07 Å². The van der Waals surface area contributed by atoms with E-state index in [2.05, 4.69) is 4.98 Å². The average molecular weight is 261 g/mol. The van der Waals surface area contributed by atoms with E-state index in [1.807, 2.05) is 0 Å². The molecule has 0 fully saturated rings. The lowest BCUT2D eigenvalue weighted by molar-refractivity contribution is -0.137. The van der Waals surface area contributed by atoms with Gasteiger partial charge in [-0.15, -0.1) is 11.6 Å². The molecular weight excluding hydrogens is 255 g/mol. The summed E-state index contributed by atoms with van der Waals surface area (Å²) in [5, 5.41) is 0. The summed E-state index contributed by atoms with van der Waals surface area (Å²) in [4.78, 5) is 3.26. The molecule has 0 unspecified atom stereocenters. The second-order valence-electron chi connectivity index (χ2n) is 2.89. The van der Waals surface area contributed by atoms with Gasteiger partial charge in [-0.25, -0.2) is 13.8 Å². The topological polar surface area (TPSA) is 38.9 Å². The minimum absolute atomic E-state index is 0.293. The second kappa shape index (κ2) is 4.40. The van der Waals surface area contributed by atoms with E-state index in [1.165, 1.54) is 0 Å². The molecule has 0 aliphatic heterocycles. The van der Waals surface area contributed by atoms with Crippen molar-refractivity contribution < 1.29 is 22.0 Å². The molecule has 90 valence electrons. The Balaban J connectivity index is 3.44. The van der Waals surface area contributed by atoms with Crippen LogP contribution >= 0.6 is 11.6 Å². The van der Waals surface area contributed by atoms with Gasteiger partial charge in [0.1, 0.15) is 5.69 Å². The van der Waals surface area contributed by atoms with Crippen LogP contribution in [0.5, 0.6) is 0 Å². The van der Waals surface area contributed by atoms with Crippen LogP contribution in [-0.2, 0) is 12.1 Å². The predicted octanol–water partition coefficient (Wildman–Crippen LogP) is 3.36. The Kier molecular flexibility index (Phi) is 3.57. The van der Waals surface area contributed by atoms with E-state index in [4.69, 9.17) is 17.3 Å². The molecule has 8 heteroatoms. The third-order valence-corrected chi connectivity index (χ3v) is 2.06. The zero-order valence-electron chi connectivity index (χ0n) is 7.65. The average Bonchev–Trinajstić information content (AvgIpc) is 2.15. The number of hydrogen-bond donors (Lipinski definition) is 1. The lowest BCUT2D eigenvalue weighted by Gasteiger charge is -2.14. The summed E-state index contributed by atoms with van der Waals surface area (Å²) in [7, 11) is 0. The van der Waals surface area contributed by atoms with Crippen LogP contribution in [0.3, 0.4) is 0 Å². The first-order valence-electron chi connectivity index (χ1n) is 3.98. The molecule has 0 atom stereocenters. The van der Waals surface area contributed by atoms with Gasteiger partial charge in [-0.1, -0.05) is 0 Å². The Morgan fingerprint density at radius 3 is 2.31 bits per heavy atom. The minimum Gasteiger partial charge on any atom is -0.397 e. The van der Waals surface area contributed by atoms with Crippen molar-refractivity contribution in [3.63, 3.8) is 0 Å². The first-order valence-corrected chi connectivity index (χ1v) is 4.51. The third kappa shape index (κ3) is 2.52. The van der Waals surface area contributed by atoms with Gasteiger partial charge in [-0.3, -0.25) is 0 Å². The lowest BCUT2D eigenvalue weighted by Crippen LogP contribution is -2.13. The Morgan fingerprint density at radius 2 is 1.94 bits per heavy atom. The molecule has 0 saturated heterocycles. The zero-order valence-corrected chi connectivity index (χ0v) is 8.41. The molecule has 0 aliphatic carbocycles. The highest BCUT2D eigenvalue weighted by Crippen LogP contribution is 2.37. The maximum atomic E-state index is 12.4. The number of halogens is 6. The fraction of sp³-hybridized carbons (Fsp3) is 0.375. The van der Waals surface area contributed by atoms with E-state index in [9.17, 15) is 22.0 Å². The smallest absolute Gasteiger partial charge is 0.397 e. The molecule has 2 N–H and O–H groups in total. The van der Waals surface area contributed by atoms with Crippen LogP contribution in [-0.4, -0.2) is 4.98 Å². The van der Waals surface area contributed by atoms with Crippen LogP contribution in [0.1, 0.15) is 23.4 Å². The maximum absolute atomic E-state index is 12.4. The Morgan fingerprint density at radius 1 is 1.38 bits per heavy atom. The van der Waals surface area contributed by atoms with Crippen molar-refractivity contribution in [3.05, 3.63) is 23.0 Å². The highest BCUT2D eigenvalue weighted by Gasteiger charge is 2.36.